The number of aliphatic carboxylic acids is 2. The first kappa shape index (κ1) is 55.2. The molecule has 0 bridgehead atoms. The van der Waals surface area contributed by atoms with Gasteiger partial charge in [-0.05, 0) is 67.6 Å². The highest BCUT2D eigenvalue weighted by atomic mass is 16.4. The number of phenols is 2. The second kappa shape index (κ2) is 27.6. The summed E-state index contributed by atoms with van der Waals surface area (Å²) in [5.41, 5.74) is 18.4. The van der Waals surface area contributed by atoms with Crippen LogP contribution in [0.2, 0.25) is 0 Å². The lowest BCUT2D eigenvalue weighted by molar-refractivity contribution is -0.142. The Balaban J connectivity index is 1.65. The lowest BCUT2D eigenvalue weighted by Gasteiger charge is -2.27. The summed E-state index contributed by atoms with van der Waals surface area (Å²) in [6, 6.07) is 0.678. The zero-order valence-electron chi connectivity index (χ0n) is 38.3. The van der Waals surface area contributed by atoms with Crippen LogP contribution in [0.1, 0.15) is 61.0 Å². The zero-order valence-corrected chi connectivity index (χ0v) is 38.3. The van der Waals surface area contributed by atoms with Crippen molar-refractivity contribution in [3.8, 4) is 11.5 Å². The number of hydrogen-bond acceptors (Lipinski definition) is 15. The Morgan fingerprint density at radius 3 is 1.31 bits per heavy atom. The fraction of sp³-hybridized carbons (Fsp3) is 0.400. The van der Waals surface area contributed by atoms with Crippen LogP contribution in [0.15, 0.2) is 73.6 Å². The number of nitrogens with zero attached hydrogens (tertiary/aromatic N) is 2. The number of carboxylic acid groups (broad SMARTS) is 2. The number of aromatic hydroxyl groups is 2. The number of carbonyl (C=O) groups excluding carboxylic acids is 7. The van der Waals surface area contributed by atoms with E-state index in [0.717, 1.165) is 0 Å². The van der Waals surface area contributed by atoms with Gasteiger partial charge in [0.2, 0.25) is 41.4 Å². The summed E-state index contributed by atoms with van der Waals surface area (Å²) in [6.45, 7) is 0.268. The number of carboxylic acids is 2. The van der Waals surface area contributed by atoms with E-state index in [9.17, 15) is 58.5 Å². The molecular weight excluding hydrogens is 931 g/mol. The number of H-pyrrole nitrogens is 2. The second-order valence-corrected chi connectivity index (χ2v) is 16.5. The van der Waals surface area contributed by atoms with Gasteiger partial charge in [-0.15, -0.1) is 0 Å². The topological polar surface area (TPSA) is 442 Å². The van der Waals surface area contributed by atoms with Crippen molar-refractivity contribution in [1.82, 2.24) is 51.8 Å². The fourth-order valence-electron chi connectivity index (χ4n) is 7.02. The molecule has 0 saturated carbocycles. The number of nitrogens with one attached hydrogen (secondary N) is 8. The molecule has 2 heterocycles. The van der Waals surface area contributed by atoms with Gasteiger partial charge in [-0.1, -0.05) is 24.3 Å². The molecule has 7 amide bonds. The molecule has 7 atom stereocenters. The molecule has 0 radical (unpaired) electrons. The summed E-state index contributed by atoms with van der Waals surface area (Å²) in [5.74, 6) is -9.63. The number of rotatable bonds is 30. The number of benzene rings is 2. The van der Waals surface area contributed by atoms with Crippen LogP contribution in [0.3, 0.4) is 0 Å². The van der Waals surface area contributed by atoms with Crippen molar-refractivity contribution in [2.75, 3.05) is 6.54 Å². The minimum absolute atomic E-state index is 0.0211. The normalized spacial score (nSPS) is 13.9. The van der Waals surface area contributed by atoms with Crippen molar-refractivity contribution in [3.63, 3.8) is 0 Å². The van der Waals surface area contributed by atoms with Crippen molar-refractivity contribution < 1.29 is 63.6 Å². The lowest BCUT2D eigenvalue weighted by Crippen LogP contribution is -2.61. The molecule has 0 spiro atoms. The predicted octanol–water partition coefficient (Wildman–Crippen LogP) is -3.00. The van der Waals surface area contributed by atoms with Gasteiger partial charge in [0, 0.05) is 55.9 Å². The molecule has 0 fully saturated rings. The molecule has 2 aromatic carbocycles. The third-order valence-electron chi connectivity index (χ3n) is 10.8. The van der Waals surface area contributed by atoms with Crippen LogP contribution >= 0.6 is 0 Å². The van der Waals surface area contributed by atoms with Gasteiger partial charge < -0.3 is 79.5 Å². The second-order valence-electron chi connectivity index (χ2n) is 16.5. The maximum absolute atomic E-state index is 14.5. The van der Waals surface area contributed by atoms with E-state index in [1.165, 1.54) is 73.6 Å². The van der Waals surface area contributed by atoms with Crippen LogP contribution in [0.4, 0.5) is 0 Å². The van der Waals surface area contributed by atoms with Gasteiger partial charge >= 0.3 is 11.9 Å². The van der Waals surface area contributed by atoms with Crippen LogP contribution < -0.4 is 49.1 Å². The monoisotopic (exact) mass is 989 g/mol. The van der Waals surface area contributed by atoms with Gasteiger partial charge in [0.1, 0.15) is 47.8 Å². The number of hydrogen-bond donors (Lipinski definition) is 15. The van der Waals surface area contributed by atoms with Crippen molar-refractivity contribution in [3.05, 3.63) is 96.1 Å². The largest absolute Gasteiger partial charge is 0.508 e. The van der Waals surface area contributed by atoms with Crippen LogP contribution in [0, 0.1) is 0 Å². The van der Waals surface area contributed by atoms with Crippen molar-refractivity contribution in [2.24, 2.45) is 17.2 Å². The first-order valence-electron chi connectivity index (χ1n) is 22.3. The molecular formula is C45H59N13O13. The number of nitrogens with two attached hydrogens (primary N) is 3. The maximum Gasteiger partial charge on any atom is 0.326 e. The highest BCUT2D eigenvalue weighted by molar-refractivity contribution is 5.98. The Bertz CT molecular complexity index is 2420. The number of aromatic nitrogens is 4. The fourth-order valence-corrected chi connectivity index (χ4v) is 7.02. The van der Waals surface area contributed by atoms with Gasteiger partial charge in [-0.3, -0.25) is 38.4 Å². The SMILES string of the molecule is NCCCC[C@H](NC(=O)[C@H](CC(N)=O)NC(=O)[C@H](Cc1ccc(O)cc1)NC(=O)[C@H](Cc1cnc[nH]1)NC(=O)[C@H](Cc1cnc[nH]1)NC(=O)[C@H](Cc1ccc(O)cc1)NC(=O)[C@@H](N)CCC(=O)O)C(=O)O. The molecule has 0 aliphatic heterocycles. The van der Waals surface area contributed by atoms with Crippen molar-refractivity contribution in [2.45, 2.75) is 107 Å². The summed E-state index contributed by atoms with van der Waals surface area (Å²) < 4.78 is 0. The quantitative estimate of drug-likeness (QED) is 0.0232. The molecule has 0 saturated heterocycles. The molecule has 18 N–H and O–H groups in total. The number of aromatic amines is 2. The van der Waals surface area contributed by atoms with E-state index in [1.807, 2.05) is 0 Å². The van der Waals surface area contributed by atoms with Gasteiger partial charge in [-0.25, -0.2) is 14.8 Å². The minimum Gasteiger partial charge on any atom is -0.508 e. The van der Waals surface area contributed by atoms with E-state index in [0.29, 0.717) is 35.4 Å². The van der Waals surface area contributed by atoms with E-state index in [2.05, 4.69) is 51.8 Å². The molecule has 382 valence electrons. The maximum atomic E-state index is 14.5. The van der Waals surface area contributed by atoms with E-state index < -0.39 is 108 Å². The molecule has 26 nitrogen and oxygen atoms in total. The number of amides is 7. The molecule has 0 aliphatic rings. The van der Waals surface area contributed by atoms with E-state index in [-0.39, 0.29) is 56.6 Å². The summed E-state index contributed by atoms with van der Waals surface area (Å²) >= 11 is 0. The smallest absolute Gasteiger partial charge is 0.326 e. The van der Waals surface area contributed by atoms with Crippen LogP contribution in [0.25, 0.3) is 0 Å². The first-order valence-corrected chi connectivity index (χ1v) is 22.3. The van der Waals surface area contributed by atoms with Gasteiger partial charge in [0.05, 0.1) is 25.1 Å². The van der Waals surface area contributed by atoms with E-state index in [1.54, 1.807) is 0 Å². The number of carbonyl (C=O) groups is 9. The highest BCUT2D eigenvalue weighted by Crippen LogP contribution is 2.15. The molecule has 4 rings (SSSR count). The number of unbranched alkanes of at least 4 members (excludes halogenated alkanes) is 1. The highest BCUT2D eigenvalue weighted by Gasteiger charge is 2.35. The molecule has 0 aliphatic carbocycles. The van der Waals surface area contributed by atoms with Crippen molar-refractivity contribution >= 4 is 53.3 Å². The predicted molar refractivity (Wildman–Crippen MR) is 249 cm³/mol. The molecule has 0 unspecified atom stereocenters. The summed E-state index contributed by atoms with van der Waals surface area (Å²) in [6.07, 6.45) is 3.65. The van der Waals surface area contributed by atoms with E-state index >= 15 is 0 Å². The third-order valence-corrected chi connectivity index (χ3v) is 10.8. The third kappa shape index (κ3) is 18.9. The number of imidazole rings is 2. The standard InChI is InChI=1S/C45H59N13O13/c46-14-2-1-3-31(45(70)71)53-44(69)36(19-37(48)61)58-41(66)33(16-25-6-10-29(60)11-7-25)55-42(67)34(17-26-20-49-22-51-26)57-43(68)35(18-27-21-50-23-52-27)56-40(65)32(15-24-4-8-28(59)9-5-24)54-39(64)30(47)12-13-38(62)63/h4-11,20-23,30-36,59-60H,1-3,12-19,46-47H2,(H2,48,61)(H,49,51)(H,50,52)(H,53,69)(H,54,64)(H,55,67)(H,56,65)(H,57,68)(H,58,66)(H,62,63)(H,70,71)/t30-,31-,32-,33-,34-,35-,36-/m0/s1. The summed E-state index contributed by atoms with van der Waals surface area (Å²) in [7, 11) is 0. The lowest BCUT2D eigenvalue weighted by atomic mass is 10.0. The zero-order chi connectivity index (χ0) is 52.0. The summed E-state index contributed by atoms with van der Waals surface area (Å²) in [5, 5.41) is 53.7. The van der Waals surface area contributed by atoms with Crippen LogP contribution in [-0.2, 0) is 68.8 Å². The van der Waals surface area contributed by atoms with E-state index in [4.69, 9.17) is 22.3 Å². The Kier molecular flexibility index (Phi) is 21.4. The Morgan fingerprint density at radius 1 is 0.535 bits per heavy atom. The Labute approximate surface area is 405 Å². The Hall–Kier alpha value is -8.39. The minimum atomic E-state index is -1.72. The van der Waals surface area contributed by atoms with Gasteiger partial charge in [0.25, 0.3) is 0 Å². The average molecular weight is 990 g/mol. The van der Waals surface area contributed by atoms with Gasteiger partial charge in [0.15, 0.2) is 0 Å². The number of primary amides is 1. The van der Waals surface area contributed by atoms with Crippen LogP contribution in [-0.4, -0.2) is 142 Å². The molecule has 71 heavy (non-hydrogen) atoms. The molecule has 26 heteroatoms. The average Bonchev–Trinajstić information content (AvgIpc) is 4.05. The Morgan fingerprint density at radius 2 is 0.930 bits per heavy atom. The summed E-state index contributed by atoms with van der Waals surface area (Å²) in [4.78, 5) is 133. The number of phenolic OH excluding ortho intramolecular Hbond substituents is 2. The molecule has 2 aromatic heterocycles. The van der Waals surface area contributed by atoms with Crippen LogP contribution in [0.5, 0.6) is 11.5 Å². The molecule has 4 aromatic rings. The first-order chi connectivity index (χ1) is 33.8. The van der Waals surface area contributed by atoms with Crippen molar-refractivity contribution in [1.29, 1.82) is 0 Å². The van der Waals surface area contributed by atoms with Gasteiger partial charge in [-0.2, -0.15) is 0 Å².